The zero-order valence-corrected chi connectivity index (χ0v) is 19.5. The zero-order chi connectivity index (χ0) is 22.2. The summed E-state index contributed by atoms with van der Waals surface area (Å²) in [5.74, 6) is 1.37. The third-order valence-electron chi connectivity index (χ3n) is 5.95. The standard InChI is InChI=1S/C26H43NO4/c1-2-3-4-5-6-7-8-9-10-11-12-13-14-15-26(29)27-21-23(28)22-16-17-24-25(20-22)31-19-18-30-24/h16-17,20,23,28H,2-15,18-19,21H2,1H3,(H,27,29)/t23-/m0/s1. The Labute approximate surface area is 188 Å². The van der Waals surface area contributed by atoms with Gasteiger partial charge in [0.2, 0.25) is 5.91 Å². The average molecular weight is 434 g/mol. The van der Waals surface area contributed by atoms with Crippen molar-refractivity contribution in [3.05, 3.63) is 23.8 Å². The van der Waals surface area contributed by atoms with E-state index in [-0.39, 0.29) is 12.5 Å². The van der Waals surface area contributed by atoms with E-state index in [4.69, 9.17) is 9.47 Å². The summed E-state index contributed by atoms with van der Waals surface area (Å²) in [6.07, 6.45) is 16.7. The molecule has 0 radical (unpaired) electrons. The number of carbonyl (C=O) groups excluding carboxylic acids is 1. The number of amides is 1. The van der Waals surface area contributed by atoms with Gasteiger partial charge in [0.05, 0.1) is 6.10 Å². The van der Waals surface area contributed by atoms with E-state index in [9.17, 15) is 9.90 Å². The second kappa shape index (κ2) is 16.0. The Morgan fingerprint density at radius 3 is 2.03 bits per heavy atom. The first-order valence-corrected chi connectivity index (χ1v) is 12.5. The monoisotopic (exact) mass is 433 g/mol. The quantitative estimate of drug-likeness (QED) is 0.292. The molecule has 0 saturated carbocycles. The van der Waals surface area contributed by atoms with Gasteiger partial charge in [-0.15, -0.1) is 0 Å². The number of unbranched alkanes of at least 4 members (excludes halogenated alkanes) is 12. The summed E-state index contributed by atoms with van der Waals surface area (Å²) in [4.78, 5) is 12.0. The van der Waals surface area contributed by atoms with Crippen LogP contribution in [0.1, 0.15) is 108 Å². The summed E-state index contributed by atoms with van der Waals surface area (Å²) >= 11 is 0. The van der Waals surface area contributed by atoms with Gasteiger partial charge in [-0.1, -0.05) is 90.0 Å². The van der Waals surface area contributed by atoms with Crippen molar-refractivity contribution in [1.29, 1.82) is 0 Å². The number of benzene rings is 1. The van der Waals surface area contributed by atoms with Crippen LogP contribution in [0.5, 0.6) is 11.5 Å². The number of hydrogen-bond donors (Lipinski definition) is 2. The molecular weight excluding hydrogens is 390 g/mol. The topological polar surface area (TPSA) is 67.8 Å². The van der Waals surface area contributed by atoms with Crippen molar-refractivity contribution < 1.29 is 19.4 Å². The predicted octanol–water partition coefficient (Wildman–Crippen LogP) is 6.09. The third kappa shape index (κ3) is 10.9. The number of nitrogens with one attached hydrogen (secondary N) is 1. The molecule has 0 unspecified atom stereocenters. The lowest BCUT2D eigenvalue weighted by Gasteiger charge is -2.20. The molecule has 176 valence electrons. The molecule has 0 aromatic heterocycles. The van der Waals surface area contributed by atoms with E-state index < -0.39 is 6.10 Å². The number of fused-ring (bicyclic) bond motifs is 1. The van der Waals surface area contributed by atoms with Crippen LogP contribution in [0.4, 0.5) is 0 Å². The highest BCUT2D eigenvalue weighted by atomic mass is 16.6. The maximum Gasteiger partial charge on any atom is 0.220 e. The van der Waals surface area contributed by atoms with Gasteiger partial charge in [0, 0.05) is 13.0 Å². The molecule has 5 nitrogen and oxygen atoms in total. The molecule has 1 atom stereocenters. The van der Waals surface area contributed by atoms with Crippen molar-refractivity contribution in [3.8, 4) is 11.5 Å². The molecule has 1 aliphatic rings. The molecule has 1 aliphatic heterocycles. The Balaban J connectivity index is 1.43. The first kappa shape index (κ1) is 25.5. The molecule has 5 heteroatoms. The summed E-state index contributed by atoms with van der Waals surface area (Å²) in [6.45, 7) is 3.55. The van der Waals surface area contributed by atoms with Gasteiger partial charge in [-0.05, 0) is 24.1 Å². The second-order valence-electron chi connectivity index (χ2n) is 8.72. The van der Waals surface area contributed by atoms with Crippen molar-refractivity contribution in [2.45, 2.75) is 103 Å². The van der Waals surface area contributed by atoms with Crippen molar-refractivity contribution >= 4 is 5.91 Å². The second-order valence-corrected chi connectivity index (χ2v) is 8.72. The summed E-state index contributed by atoms with van der Waals surface area (Å²) < 4.78 is 11.0. The molecule has 1 amide bonds. The fourth-order valence-corrected chi connectivity index (χ4v) is 3.99. The molecule has 2 N–H and O–H groups in total. The maximum atomic E-state index is 12.0. The highest BCUT2D eigenvalue weighted by molar-refractivity contribution is 5.75. The third-order valence-corrected chi connectivity index (χ3v) is 5.95. The van der Waals surface area contributed by atoms with E-state index in [0.717, 1.165) is 18.4 Å². The zero-order valence-electron chi connectivity index (χ0n) is 19.5. The minimum atomic E-state index is -0.744. The van der Waals surface area contributed by atoms with Gasteiger partial charge >= 0.3 is 0 Å². The van der Waals surface area contributed by atoms with Crippen LogP contribution in [0.2, 0.25) is 0 Å². The van der Waals surface area contributed by atoms with Crippen LogP contribution in [-0.4, -0.2) is 30.8 Å². The van der Waals surface area contributed by atoms with Crippen LogP contribution < -0.4 is 14.8 Å². The Kier molecular flexibility index (Phi) is 13.1. The van der Waals surface area contributed by atoms with E-state index in [2.05, 4.69) is 12.2 Å². The van der Waals surface area contributed by atoms with Crippen LogP contribution in [-0.2, 0) is 4.79 Å². The van der Waals surface area contributed by atoms with Crippen LogP contribution in [0.25, 0.3) is 0 Å². The summed E-state index contributed by atoms with van der Waals surface area (Å²) in [7, 11) is 0. The lowest BCUT2D eigenvalue weighted by atomic mass is 10.0. The Morgan fingerprint density at radius 1 is 0.871 bits per heavy atom. The van der Waals surface area contributed by atoms with Crippen molar-refractivity contribution in [3.63, 3.8) is 0 Å². The number of carbonyl (C=O) groups is 1. The van der Waals surface area contributed by atoms with Crippen LogP contribution in [0.3, 0.4) is 0 Å². The van der Waals surface area contributed by atoms with E-state index in [1.807, 2.05) is 12.1 Å². The molecule has 0 aliphatic carbocycles. The summed E-state index contributed by atoms with van der Waals surface area (Å²) in [5, 5.41) is 13.2. The predicted molar refractivity (Wildman–Crippen MR) is 126 cm³/mol. The van der Waals surface area contributed by atoms with Gasteiger partial charge in [-0.3, -0.25) is 4.79 Å². The number of rotatable bonds is 17. The van der Waals surface area contributed by atoms with Gasteiger partial charge in [-0.2, -0.15) is 0 Å². The lowest BCUT2D eigenvalue weighted by molar-refractivity contribution is -0.121. The van der Waals surface area contributed by atoms with Crippen LogP contribution in [0, 0.1) is 0 Å². The number of aliphatic hydroxyl groups is 1. The van der Waals surface area contributed by atoms with E-state index in [1.165, 1.54) is 70.6 Å². The van der Waals surface area contributed by atoms with Crippen molar-refractivity contribution in [1.82, 2.24) is 5.32 Å². The normalized spacial score (nSPS) is 13.7. The Hall–Kier alpha value is -1.75. The highest BCUT2D eigenvalue weighted by Crippen LogP contribution is 2.32. The summed E-state index contributed by atoms with van der Waals surface area (Å²) in [5.41, 5.74) is 0.727. The Morgan fingerprint density at radius 2 is 1.42 bits per heavy atom. The summed E-state index contributed by atoms with van der Waals surface area (Å²) in [6, 6.07) is 5.41. The van der Waals surface area contributed by atoms with Gasteiger partial charge in [0.25, 0.3) is 0 Å². The van der Waals surface area contributed by atoms with E-state index >= 15 is 0 Å². The molecule has 0 fully saturated rings. The lowest BCUT2D eigenvalue weighted by Crippen LogP contribution is -2.28. The number of aliphatic hydroxyl groups excluding tert-OH is 1. The maximum absolute atomic E-state index is 12.0. The van der Waals surface area contributed by atoms with Crippen molar-refractivity contribution in [2.24, 2.45) is 0 Å². The molecule has 2 rings (SSSR count). The Bertz CT molecular complexity index is 619. The molecule has 1 aromatic carbocycles. The SMILES string of the molecule is CCCCCCCCCCCCCCCC(=O)NC[C@H](O)c1ccc2c(c1)OCCO2. The average Bonchev–Trinajstić information content (AvgIpc) is 2.80. The van der Waals surface area contributed by atoms with Gasteiger partial charge in [0.15, 0.2) is 11.5 Å². The fraction of sp³-hybridized carbons (Fsp3) is 0.731. The molecule has 0 bridgehead atoms. The first-order chi connectivity index (χ1) is 15.2. The molecule has 1 aromatic rings. The molecule has 1 heterocycles. The largest absolute Gasteiger partial charge is 0.486 e. The van der Waals surface area contributed by atoms with Gasteiger partial charge in [-0.25, -0.2) is 0 Å². The van der Waals surface area contributed by atoms with Crippen LogP contribution in [0.15, 0.2) is 18.2 Å². The smallest absolute Gasteiger partial charge is 0.220 e. The molecule has 0 spiro atoms. The van der Waals surface area contributed by atoms with Gasteiger partial charge < -0.3 is 19.9 Å². The molecule has 0 saturated heterocycles. The number of ether oxygens (including phenoxy) is 2. The highest BCUT2D eigenvalue weighted by Gasteiger charge is 2.16. The van der Waals surface area contributed by atoms with E-state index in [1.54, 1.807) is 6.07 Å². The minimum Gasteiger partial charge on any atom is -0.486 e. The minimum absolute atomic E-state index is 0.0136. The van der Waals surface area contributed by atoms with E-state index in [0.29, 0.717) is 31.1 Å². The van der Waals surface area contributed by atoms with Crippen LogP contribution >= 0.6 is 0 Å². The molecule has 31 heavy (non-hydrogen) atoms. The molecular formula is C26H43NO4. The van der Waals surface area contributed by atoms with Gasteiger partial charge in [0.1, 0.15) is 13.2 Å². The van der Waals surface area contributed by atoms with Crippen molar-refractivity contribution in [2.75, 3.05) is 19.8 Å². The number of hydrogen-bond acceptors (Lipinski definition) is 4. The fourth-order valence-electron chi connectivity index (χ4n) is 3.99. The first-order valence-electron chi connectivity index (χ1n) is 12.5.